The Labute approximate surface area is 175 Å². The Morgan fingerprint density at radius 2 is 1.40 bits per heavy atom. The van der Waals surface area contributed by atoms with E-state index in [1.807, 2.05) is 0 Å². The number of esters is 2. The van der Waals surface area contributed by atoms with E-state index in [1.165, 1.54) is 46.6 Å². The minimum Gasteiger partial charge on any atom is -0.504 e. The van der Waals surface area contributed by atoms with Gasteiger partial charge in [0.1, 0.15) is 0 Å². The van der Waals surface area contributed by atoms with Gasteiger partial charge in [-0.1, -0.05) is 6.08 Å². The molecule has 0 heterocycles. The normalized spacial score (nSPS) is 9.47. The van der Waals surface area contributed by atoms with Gasteiger partial charge in [0.05, 0.1) is 46.2 Å². The molecule has 2 aromatic carbocycles. The number of phenolic OH excluding ortho intramolecular Hbond substituents is 1. The van der Waals surface area contributed by atoms with Crippen LogP contribution in [0.25, 0.3) is 0 Å². The van der Waals surface area contributed by atoms with Crippen molar-refractivity contribution < 1.29 is 38.4 Å². The number of methoxy groups -OCH3 is 4. The second-order valence-corrected chi connectivity index (χ2v) is 5.66. The average molecular weight is 418 g/mol. The lowest BCUT2D eigenvalue weighted by Crippen LogP contribution is -2.03. The Morgan fingerprint density at radius 3 is 1.90 bits per heavy atom. The molecular weight excluding hydrogens is 392 g/mol. The molecular formula is C22H26O8. The van der Waals surface area contributed by atoms with Crippen LogP contribution in [0.15, 0.2) is 49.1 Å². The van der Waals surface area contributed by atoms with Crippen LogP contribution in [-0.2, 0) is 9.47 Å². The zero-order chi connectivity index (χ0) is 22.5. The number of hydrogen-bond donors (Lipinski definition) is 1. The summed E-state index contributed by atoms with van der Waals surface area (Å²) in [5, 5.41) is 9.21. The first-order chi connectivity index (χ1) is 14.4. The third-order valence-electron chi connectivity index (χ3n) is 3.77. The van der Waals surface area contributed by atoms with Crippen molar-refractivity contribution in [1.82, 2.24) is 0 Å². The molecule has 0 amide bonds. The molecule has 0 aromatic heterocycles. The summed E-state index contributed by atoms with van der Waals surface area (Å²) < 4.78 is 24.6. The molecule has 0 fully saturated rings. The molecule has 8 heteroatoms. The van der Waals surface area contributed by atoms with Crippen LogP contribution in [0.5, 0.6) is 23.0 Å². The van der Waals surface area contributed by atoms with Crippen LogP contribution in [0, 0.1) is 0 Å². The van der Waals surface area contributed by atoms with E-state index in [-0.39, 0.29) is 11.5 Å². The standard InChI is InChI=1S/C13H16O4.C9H10O4/c1-4-5-8-17-11-7-6-10(13(14)16-3)9-12(11)15-2;1-12-8-5-6(9(11)13-2)3-4-7(8)10/h4,6-7,9H,1,5,8H2,2-3H3;3-5,10H,1-2H3. The summed E-state index contributed by atoms with van der Waals surface area (Å²) in [7, 11) is 5.57. The van der Waals surface area contributed by atoms with Gasteiger partial charge in [-0.15, -0.1) is 6.58 Å². The van der Waals surface area contributed by atoms with Crippen LogP contribution in [0.4, 0.5) is 0 Å². The molecule has 0 aliphatic rings. The van der Waals surface area contributed by atoms with Gasteiger partial charge < -0.3 is 28.8 Å². The fraction of sp³-hybridized carbons (Fsp3) is 0.273. The molecule has 0 bridgehead atoms. The fourth-order valence-corrected chi connectivity index (χ4v) is 2.21. The summed E-state index contributed by atoms with van der Waals surface area (Å²) in [5.74, 6) is 0.497. The van der Waals surface area contributed by atoms with E-state index in [9.17, 15) is 14.7 Å². The van der Waals surface area contributed by atoms with Gasteiger partial charge >= 0.3 is 11.9 Å². The van der Waals surface area contributed by atoms with Gasteiger partial charge in [0.25, 0.3) is 0 Å². The molecule has 0 saturated carbocycles. The Balaban J connectivity index is 0.000000311. The van der Waals surface area contributed by atoms with E-state index in [4.69, 9.17) is 14.2 Å². The maximum atomic E-state index is 11.3. The molecule has 1 N–H and O–H groups in total. The van der Waals surface area contributed by atoms with Crippen molar-refractivity contribution in [3.8, 4) is 23.0 Å². The van der Waals surface area contributed by atoms with Gasteiger partial charge in [-0.05, 0) is 42.8 Å². The van der Waals surface area contributed by atoms with Gasteiger partial charge in [-0.3, -0.25) is 0 Å². The van der Waals surface area contributed by atoms with Crippen LogP contribution in [0.1, 0.15) is 27.1 Å². The summed E-state index contributed by atoms with van der Waals surface area (Å²) in [6.45, 7) is 4.14. The molecule has 2 aromatic rings. The number of rotatable bonds is 8. The SMILES string of the molecule is C=CCCOc1ccc(C(=O)OC)cc1OC.COC(=O)c1ccc(O)c(OC)c1. The van der Waals surface area contributed by atoms with Crippen molar-refractivity contribution >= 4 is 11.9 Å². The summed E-state index contributed by atoms with van der Waals surface area (Å²) in [5.41, 5.74) is 0.776. The highest BCUT2D eigenvalue weighted by Gasteiger charge is 2.11. The van der Waals surface area contributed by atoms with E-state index in [2.05, 4.69) is 16.1 Å². The van der Waals surface area contributed by atoms with Crippen LogP contribution in [-0.4, -0.2) is 52.1 Å². The van der Waals surface area contributed by atoms with Crippen LogP contribution in [0.2, 0.25) is 0 Å². The van der Waals surface area contributed by atoms with Crippen molar-refractivity contribution in [2.24, 2.45) is 0 Å². The van der Waals surface area contributed by atoms with Crippen molar-refractivity contribution in [3.63, 3.8) is 0 Å². The minimum absolute atomic E-state index is 0.00449. The predicted molar refractivity (Wildman–Crippen MR) is 111 cm³/mol. The molecule has 162 valence electrons. The van der Waals surface area contributed by atoms with Crippen molar-refractivity contribution in [2.75, 3.05) is 35.0 Å². The van der Waals surface area contributed by atoms with Gasteiger partial charge in [0, 0.05) is 0 Å². The zero-order valence-corrected chi connectivity index (χ0v) is 17.5. The first-order valence-electron chi connectivity index (χ1n) is 8.87. The van der Waals surface area contributed by atoms with E-state index in [1.54, 1.807) is 24.3 Å². The number of carbonyl (C=O) groups is 2. The Bertz CT molecular complexity index is 860. The molecule has 0 atom stereocenters. The number of phenols is 1. The summed E-state index contributed by atoms with van der Waals surface area (Å²) in [6.07, 6.45) is 2.53. The van der Waals surface area contributed by atoms with Crippen LogP contribution < -0.4 is 14.2 Å². The lowest BCUT2D eigenvalue weighted by atomic mass is 10.2. The first kappa shape index (κ1) is 24.4. The topological polar surface area (TPSA) is 101 Å². The van der Waals surface area contributed by atoms with Gasteiger partial charge in [-0.25, -0.2) is 9.59 Å². The number of hydrogen-bond acceptors (Lipinski definition) is 8. The van der Waals surface area contributed by atoms with E-state index in [0.717, 1.165) is 6.42 Å². The first-order valence-corrected chi connectivity index (χ1v) is 8.87. The molecule has 0 spiro atoms. The summed E-state index contributed by atoms with van der Waals surface area (Å²) in [4.78, 5) is 22.4. The lowest BCUT2D eigenvalue weighted by molar-refractivity contribution is 0.0591. The van der Waals surface area contributed by atoms with Gasteiger partial charge in [0.2, 0.25) is 0 Å². The molecule has 0 radical (unpaired) electrons. The molecule has 0 unspecified atom stereocenters. The molecule has 0 aliphatic heterocycles. The maximum absolute atomic E-state index is 11.3. The largest absolute Gasteiger partial charge is 0.504 e. The molecule has 0 aliphatic carbocycles. The third kappa shape index (κ3) is 7.05. The quantitative estimate of drug-likeness (QED) is 0.394. The highest BCUT2D eigenvalue weighted by molar-refractivity contribution is 5.90. The summed E-state index contributed by atoms with van der Waals surface area (Å²) in [6, 6.07) is 9.18. The Hall–Kier alpha value is -3.68. The second-order valence-electron chi connectivity index (χ2n) is 5.66. The Morgan fingerprint density at radius 1 is 0.867 bits per heavy atom. The van der Waals surface area contributed by atoms with E-state index < -0.39 is 11.9 Å². The molecule has 0 saturated heterocycles. The van der Waals surface area contributed by atoms with Crippen LogP contribution >= 0.6 is 0 Å². The number of ether oxygens (including phenoxy) is 5. The monoisotopic (exact) mass is 418 g/mol. The van der Waals surface area contributed by atoms with Gasteiger partial charge in [-0.2, -0.15) is 0 Å². The van der Waals surface area contributed by atoms with Crippen molar-refractivity contribution in [2.45, 2.75) is 6.42 Å². The highest BCUT2D eigenvalue weighted by atomic mass is 16.5. The van der Waals surface area contributed by atoms with E-state index >= 15 is 0 Å². The highest BCUT2D eigenvalue weighted by Crippen LogP contribution is 2.28. The zero-order valence-electron chi connectivity index (χ0n) is 17.5. The van der Waals surface area contributed by atoms with Gasteiger partial charge in [0.15, 0.2) is 23.0 Å². The molecule has 8 nitrogen and oxygen atoms in total. The second kappa shape index (κ2) is 12.7. The fourth-order valence-electron chi connectivity index (χ4n) is 2.21. The third-order valence-corrected chi connectivity index (χ3v) is 3.77. The van der Waals surface area contributed by atoms with Crippen molar-refractivity contribution in [1.29, 1.82) is 0 Å². The molecule has 2 rings (SSSR count). The number of benzene rings is 2. The average Bonchev–Trinajstić information content (AvgIpc) is 2.79. The van der Waals surface area contributed by atoms with E-state index in [0.29, 0.717) is 29.2 Å². The lowest BCUT2D eigenvalue weighted by Gasteiger charge is -2.10. The smallest absolute Gasteiger partial charge is 0.337 e. The van der Waals surface area contributed by atoms with Crippen LogP contribution in [0.3, 0.4) is 0 Å². The van der Waals surface area contributed by atoms with Crippen molar-refractivity contribution in [3.05, 3.63) is 60.2 Å². The molecule has 30 heavy (non-hydrogen) atoms. The maximum Gasteiger partial charge on any atom is 0.337 e. The number of carbonyl (C=O) groups excluding carboxylic acids is 2. The number of aromatic hydroxyl groups is 1. The minimum atomic E-state index is -0.460. The predicted octanol–water partition coefficient (Wildman–Crippen LogP) is 3.62. The summed E-state index contributed by atoms with van der Waals surface area (Å²) >= 11 is 0. The Kier molecular flexibility index (Phi) is 10.3.